The summed E-state index contributed by atoms with van der Waals surface area (Å²) in [6.45, 7) is 6.33. The van der Waals surface area contributed by atoms with Crippen molar-refractivity contribution in [3.8, 4) is 17.2 Å². The fourth-order valence-electron chi connectivity index (χ4n) is 3.99. The summed E-state index contributed by atoms with van der Waals surface area (Å²) >= 11 is 6.21. The molecule has 0 aromatic heterocycles. The topological polar surface area (TPSA) is 80.3 Å². The Morgan fingerprint density at radius 2 is 1.84 bits per heavy atom. The van der Waals surface area contributed by atoms with Crippen molar-refractivity contribution in [2.45, 2.75) is 38.8 Å². The van der Waals surface area contributed by atoms with Crippen LogP contribution in [-0.2, 0) is 11.3 Å². The van der Waals surface area contributed by atoms with Crippen LogP contribution in [0.15, 0.2) is 30.3 Å². The molecule has 0 saturated carbocycles. The van der Waals surface area contributed by atoms with E-state index in [-0.39, 0.29) is 19.3 Å². The Morgan fingerprint density at radius 3 is 2.56 bits per heavy atom. The molecule has 32 heavy (non-hydrogen) atoms. The first kappa shape index (κ1) is 22.7. The zero-order valence-electron chi connectivity index (χ0n) is 18.4. The van der Waals surface area contributed by atoms with Gasteiger partial charge in [-0.15, -0.1) is 0 Å². The Balaban J connectivity index is 1.20. The first-order valence-electron chi connectivity index (χ1n) is 10.8. The molecule has 7 nitrogen and oxygen atoms in total. The molecule has 1 amide bonds. The van der Waals surface area contributed by atoms with Crippen molar-refractivity contribution in [3.05, 3.63) is 52.0 Å². The van der Waals surface area contributed by atoms with Crippen LogP contribution in [0.25, 0.3) is 0 Å². The molecule has 4 rings (SSSR count). The number of carbonyl (C=O) groups excluding carboxylic acids is 1. The van der Waals surface area contributed by atoms with Crippen LogP contribution in [0.3, 0.4) is 0 Å². The maximum absolute atomic E-state index is 12.4. The number of ether oxygens (including phenoxy) is 3. The fourth-order valence-corrected chi connectivity index (χ4v) is 4.10. The van der Waals surface area contributed by atoms with Crippen LogP contribution in [0.5, 0.6) is 17.2 Å². The molecule has 0 unspecified atom stereocenters. The summed E-state index contributed by atoms with van der Waals surface area (Å²) in [4.78, 5) is 14.4. The van der Waals surface area contributed by atoms with Crippen LogP contribution < -0.4 is 19.5 Å². The van der Waals surface area contributed by atoms with Crippen LogP contribution in [0.4, 0.5) is 0 Å². The third-order valence-corrected chi connectivity index (χ3v) is 6.59. The number of nitrogens with zero attached hydrogens (tertiary/aromatic N) is 1. The number of hydrogen-bond acceptors (Lipinski definition) is 6. The average Bonchev–Trinajstić information content (AvgIpc) is 3.24. The molecular weight excluding hydrogens is 432 g/mol. The number of carbonyl (C=O) groups is 1. The molecule has 172 valence electrons. The normalized spacial score (nSPS) is 17.2. The average molecular weight is 461 g/mol. The minimum absolute atomic E-state index is 0.0449. The number of rotatable bonds is 7. The van der Waals surface area contributed by atoms with Gasteiger partial charge in [0.05, 0.1) is 6.54 Å². The highest BCUT2D eigenvalue weighted by molar-refractivity contribution is 6.32. The molecule has 2 heterocycles. The molecule has 2 aliphatic rings. The van der Waals surface area contributed by atoms with Crippen LogP contribution in [-0.4, -0.2) is 54.5 Å². The van der Waals surface area contributed by atoms with Gasteiger partial charge in [0.2, 0.25) is 12.7 Å². The fraction of sp³-hybridized carbons (Fsp3) is 0.458. The summed E-state index contributed by atoms with van der Waals surface area (Å²) in [5.74, 6) is 2.10. The molecule has 0 aliphatic carbocycles. The Hall–Kier alpha value is -2.48. The monoisotopic (exact) mass is 460 g/mol. The number of amides is 1. The van der Waals surface area contributed by atoms with Crippen LogP contribution in [0, 0.1) is 13.8 Å². The molecule has 0 atom stereocenters. The third-order valence-electron chi connectivity index (χ3n) is 6.00. The highest BCUT2D eigenvalue weighted by Gasteiger charge is 2.33. The standard InChI is InChI=1S/C24H29ClN2O5/c1-16-9-19(10-17(2)23(16)25)30-14-24(29)5-7-27(8-6-24)13-22(28)26-12-18-3-4-20-21(11-18)32-15-31-20/h3-4,9-11,29H,5-8,12-15H2,1-2H3,(H,26,28). The molecule has 0 radical (unpaired) electrons. The second-order valence-corrected chi connectivity index (χ2v) is 9.00. The molecule has 1 fully saturated rings. The molecule has 2 aliphatic heterocycles. The quantitative estimate of drug-likeness (QED) is 0.660. The lowest BCUT2D eigenvalue weighted by atomic mass is 9.92. The smallest absolute Gasteiger partial charge is 0.234 e. The van der Waals surface area contributed by atoms with Gasteiger partial charge in [-0.2, -0.15) is 0 Å². The van der Waals surface area contributed by atoms with Crippen molar-refractivity contribution < 1.29 is 24.1 Å². The summed E-state index contributed by atoms with van der Waals surface area (Å²) in [6.07, 6.45) is 1.10. The van der Waals surface area contributed by atoms with Gasteiger partial charge in [-0.05, 0) is 67.6 Å². The van der Waals surface area contributed by atoms with Crippen molar-refractivity contribution >= 4 is 17.5 Å². The van der Waals surface area contributed by atoms with E-state index < -0.39 is 5.60 Å². The summed E-state index contributed by atoms with van der Waals surface area (Å²) < 4.78 is 16.5. The van der Waals surface area contributed by atoms with E-state index in [1.165, 1.54) is 0 Å². The second kappa shape index (κ2) is 9.57. The maximum Gasteiger partial charge on any atom is 0.234 e. The van der Waals surface area contributed by atoms with E-state index in [1.54, 1.807) is 0 Å². The molecule has 2 aromatic carbocycles. The van der Waals surface area contributed by atoms with Gasteiger partial charge in [0.25, 0.3) is 0 Å². The Kier molecular flexibility index (Phi) is 6.79. The van der Waals surface area contributed by atoms with E-state index in [4.69, 9.17) is 25.8 Å². The lowest BCUT2D eigenvalue weighted by molar-refractivity contribution is -0.124. The van der Waals surface area contributed by atoms with E-state index >= 15 is 0 Å². The van der Waals surface area contributed by atoms with Crippen molar-refractivity contribution in [3.63, 3.8) is 0 Å². The minimum Gasteiger partial charge on any atom is -0.491 e. The van der Waals surface area contributed by atoms with Crippen molar-refractivity contribution in [1.82, 2.24) is 10.2 Å². The van der Waals surface area contributed by atoms with E-state index in [2.05, 4.69) is 10.2 Å². The van der Waals surface area contributed by atoms with Crippen molar-refractivity contribution in [2.75, 3.05) is 33.0 Å². The van der Waals surface area contributed by atoms with E-state index in [9.17, 15) is 9.90 Å². The molecule has 2 aromatic rings. The Morgan fingerprint density at radius 1 is 1.16 bits per heavy atom. The molecular formula is C24H29ClN2O5. The van der Waals surface area contributed by atoms with Gasteiger partial charge < -0.3 is 24.6 Å². The number of hydrogen-bond donors (Lipinski definition) is 2. The van der Waals surface area contributed by atoms with Gasteiger partial charge in [0.1, 0.15) is 18.0 Å². The number of fused-ring (bicyclic) bond motifs is 1. The van der Waals surface area contributed by atoms with E-state index in [0.29, 0.717) is 50.5 Å². The number of piperidine rings is 1. The number of likely N-dealkylation sites (tertiary alicyclic amines) is 1. The second-order valence-electron chi connectivity index (χ2n) is 8.62. The number of aryl methyl sites for hydroxylation is 2. The number of nitrogens with one attached hydrogen (secondary N) is 1. The van der Waals surface area contributed by atoms with Gasteiger partial charge in [-0.1, -0.05) is 17.7 Å². The highest BCUT2D eigenvalue weighted by Crippen LogP contribution is 2.32. The summed E-state index contributed by atoms with van der Waals surface area (Å²) in [6, 6.07) is 9.42. The lowest BCUT2D eigenvalue weighted by Crippen LogP contribution is -2.50. The highest BCUT2D eigenvalue weighted by atomic mass is 35.5. The number of benzene rings is 2. The van der Waals surface area contributed by atoms with E-state index in [1.807, 2.05) is 44.2 Å². The Labute approximate surface area is 193 Å². The van der Waals surface area contributed by atoms with Gasteiger partial charge in [-0.25, -0.2) is 0 Å². The van der Waals surface area contributed by atoms with Gasteiger partial charge in [0, 0.05) is 24.7 Å². The summed E-state index contributed by atoms with van der Waals surface area (Å²) in [5.41, 5.74) is 1.96. The zero-order chi connectivity index (χ0) is 22.7. The number of halogens is 1. The molecule has 1 saturated heterocycles. The summed E-state index contributed by atoms with van der Waals surface area (Å²) in [5, 5.41) is 14.6. The lowest BCUT2D eigenvalue weighted by Gasteiger charge is -2.37. The van der Waals surface area contributed by atoms with Gasteiger partial charge in [0.15, 0.2) is 11.5 Å². The van der Waals surface area contributed by atoms with Crippen LogP contribution in [0.1, 0.15) is 29.5 Å². The van der Waals surface area contributed by atoms with Gasteiger partial charge >= 0.3 is 0 Å². The molecule has 2 N–H and O–H groups in total. The number of aliphatic hydroxyl groups is 1. The maximum atomic E-state index is 12.4. The molecule has 0 spiro atoms. The first-order valence-corrected chi connectivity index (χ1v) is 11.2. The molecule has 8 heteroatoms. The largest absolute Gasteiger partial charge is 0.491 e. The van der Waals surface area contributed by atoms with Crippen molar-refractivity contribution in [1.29, 1.82) is 0 Å². The zero-order valence-corrected chi connectivity index (χ0v) is 19.2. The van der Waals surface area contributed by atoms with E-state index in [0.717, 1.165) is 27.5 Å². The molecule has 0 bridgehead atoms. The summed E-state index contributed by atoms with van der Waals surface area (Å²) in [7, 11) is 0. The van der Waals surface area contributed by atoms with Gasteiger partial charge in [-0.3, -0.25) is 9.69 Å². The predicted molar refractivity (Wildman–Crippen MR) is 121 cm³/mol. The first-order chi connectivity index (χ1) is 15.3. The van der Waals surface area contributed by atoms with Crippen LogP contribution >= 0.6 is 11.6 Å². The predicted octanol–water partition coefficient (Wildman–Crippen LogP) is 3.21. The Bertz CT molecular complexity index is 965. The van der Waals surface area contributed by atoms with Crippen LogP contribution in [0.2, 0.25) is 5.02 Å². The third kappa shape index (κ3) is 5.46. The SMILES string of the molecule is Cc1cc(OCC2(O)CCN(CC(=O)NCc3ccc4c(c3)OCO4)CC2)cc(C)c1Cl. The minimum atomic E-state index is -0.902. The van der Waals surface area contributed by atoms with Crippen molar-refractivity contribution in [2.24, 2.45) is 0 Å².